The minimum absolute atomic E-state index is 0.0741. The lowest BCUT2D eigenvalue weighted by Crippen LogP contribution is -2.17. The summed E-state index contributed by atoms with van der Waals surface area (Å²) in [5.41, 5.74) is 1.09. The Balaban J connectivity index is 1.90. The van der Waals surface area contributed by atoms with Crippen LogP contribution in [-0.2, 0) is 6.54 Å². The molecule has 1 aromatic carbocycles. The number of benzene rings is 1. The van der Waals surface area contributed by atoms with Crippen molar-refractivity contribution in [2.75, 3.05) is 0 Å². The average molecular weight is 267 g/mol. The monoisotopic (exact) mass is 267 g/mol. The summed E-state index contributed by atoms with van der Waals surface area (Å²) in [4.78, 5) is 1.28. The Morgan fingerprint density at radius 2 is 1.89 bits per heavy atom. The molecular weight excluding hydrogens is 252 g/mol. The Labute approximate surface area is 109 Å². The molecule has 1 aromatic heterocycles. The number of rotatable bonds is 5. The summed E-state index contributed by atoms with van der Waals surface area (Å²) in [6.07, 6.45) is -2.39. The van der Waals surface area contributed by atoms with Gasteiger partial charge in [-0.05, 0) is 23.9 Å². The minimum Gasteiger partial charge on any atom is -0.305 e. The number of hydrogen-bond donors (Lipinski definition) is 1. The topological polar surface area (TPSA) is 12.0 Å². The Morgan fingerprint density at radius 1 is 1.17 bits per heavy atom. The second-order valence-corrected chi connectivity index (χ2v) is 5.14. The molecule has 4 heteroatoms. The summed E-state index contributed by atoms with van der Waals surface area (Å²) in [5, 5.41) is 5.42. The van der Waals surface area contributed by atoms with Gasteiger partial charge < -0.3 is 5.32 Å². The molecule has 0 saturated heterocycles. The van der Waals surface area contributed by atoms with Gasteiger partial charge in [0.05, 0.1) is 0 Å². The number of nitrogens with one attached hydrogen (secondary N) is 1. The van der Waals surface area contributed by atoms with Gasteiger partial charge in [0.15, 0.2) is 0 Å². The van der Waals surface area contributed by atoms with E-state index >= 15 is 0 Å². The van der Waals surface area contributed by atoms with Crippen LogP contribution in [0.3, 0.4) is 0 Å². The van der Waals surface area contributed by atoms with Crippen LogP contribution < -0.4 is 5.32 Å². The smallest absolute Gasteiger partial charge is 0.263 e. The molecule has 0 aliphatic carbocycles. The quantitative estimate of drug-likeness (QED) is 0.838. The summed E-state index contributed by atoms with van der Waals surface area (Å²) in [7, 11) is 0. The summed E-state index contributed by atoms with van der Waals surface area (Å²) in [6, 6.07) is 10.8. The molecule has 96 valence electrons. The molecule has 0 amide bonds. The van der Waals surface area contributed by atoms with E-state index in [-0.39, 0.29) is 11.6 Å². The van der Waals surface area contributed by atoms with Crippen LogP contribution in [0.5, 0.6) is 0 Å². The van der Waals surface area contributed by atoms with E-state index < -0.39 is 6.43 Å². The Kier molecular flexibility index (Phi) is 4.44. The molecule has 1 heterocycles. The first-order valence-corrected chi connectivity index (χ1v) is 6.68. The fourth-order valence-electron chi connectivity index (χ4n) is 1.69. The summed E-state index contributed by atoms with van der Waals surface area (Å²) in [5.74, 6) is 0. The van der Waals surface area contributed by atoms with Gasteiger partial charge in [0, 0.05) is 23.0 Å². The SMILES string of the molecule is C[C@H](NCc1ccc(C(F)F)cc1)c1cccs1. The van der Waals surface area contributed by atoms with Crippen LogP contribution in [0.25, 0.3) is 0 Å². The summed E-state index contributed by atoms with van der Waals surface area (Å²) < 4.78 is 24.8. The van der Waals surface area contributed by atoms with Crippen LogP contribution in [0.15, 0.2) is 41.8 Å². The Hall–Kier alpha value is -1.26. The molecule has 0 bridgehead atoms. The van der Waals surface area contributed by atoms with Crippen molar-refractivity contribution in [1.29, 1.82) is 0 Å². The largest absolute Gasteiger partial charge is 0.305 e. The van der Waals surface area contributed by atoms with Gasteiger partial charge in [0.25, 0.3) is 6.43 Å². The lowest BCUT2D eigenvalue weighted by Gasteiger charge is -2.12. The first-order chi connectivity index (χ1) is 8.66. The number of alkyl halides is 2. The van der Waals surface area contributed by atoms with E-state index in [2.05, 4.69) is 18.3 Å². The van der Waals surface area contributed by atoms with Gasteiger partial charge >= 0.3 is 0 Å². The van der Waals surface area contributed by atoms with Gasteiger partial charge in [-0.25, -0.2) is 8.78 Å². The molecule has 2 aromatic rings. The number of hydrogen-bond acceptors (Lipinski definition) is 2. The zero-order chi connectivity index (χ0) is 13.0. The molecule has 0 aliphatic rings. The maximum absolute atomic E-state index is 12.4. The van der Waals surface area contributed by atoms with Crippen molar-refractivity contribution in [3.63, 3.8) is 0 Å². The van der Waals surface area contributed by atoms with E-state index in [0.717, 1.165) is 5.56 Å². The molecule has 0 unspecified atom stereocenters. The van der Waals surface area contributed by atoms with Gasteiger partial charge in [-0.15, -0.1) is 11.3 Å². The van der Waals surface area contributed by atoms with Crippen LogP contribution in [0.4, 0.5) is 8.78 Å². The van der Waals surface area contributed by atoms with Crippen molar-refractivity contribution >= 4 is 11.3 Å². The molecule has 1 nitrogen and oxygen atoms in total. The maximum atomic E-state index is 12.4. The third-order valence-corrected chi connectivity index (χ3v) is 3.87. The molecule has 0 aliphatic heterocycles. The van der Waals surface area contributed by atoms with E-state index in [9.17, 15) is 8.78 Å². The second-order valence-electron chi connectivity index (χ2n) is 4.16. The lowest BCUT2D eigenvalue weighted by atomic mass is 10.1. The van der Waals surface area contributed by atoms with Gasteiger partial charge in [-0.2, -0.15) is 0 Å². The number of halogens is 2. The Morgan fingerprint density at radius 3 is 2.44 bits per heavy atom. The van der Waals surface area contributed by atoms with E-state index in [0.29, 0.717) is 6.54 Å². The first-order valence-electron chi connectivity index (χ1n) is 5.80. The molecule has 0 spiro atoms. The van der Waals surface area contributed by atoms with Crippen LogP contribution in [0, 0.1) is 0 Å². The van der Waals surface area contributed by atoms with Crippen molar-refractivity contribution in [1.82, 2.24) is 5.32 Å². The molecule has 1 N–H and O–H groups in total. The zero-order valence-corrected chi connectivity index (χ0v) is 10.9. The highest BCUT2D eigenvalue weighted by Gasteiger charge is 2.07. The van der Waals surface area contributed by atoms with E-state index in [1.807, 2.05) is 11.4 Å². The zero-order valence-electron chi connectivity index (χ0n) is 10.1. The number of thiophene rings is 1. The third kappa shape index (κ3) is 3.37. The highest BCUT2D eigenvalue weighted by molar-refractivity contribution is 7.10. The van der Waals surface area contributed by atoms with Crippen LogP contribution >= 0.6 is 11.3 Å². The summed E-state index contributed by atoms with van der Waals surface area (Å²) >= 11 is 1.71. The molecular formula is C14H15F2NS. The summed E-state index contributed by atoms with van der Waals surface area (Å²) in [6.45, 7) is 2.78. The van der Waals surface area contributed by atoms with Gasteiger partial charge in [-0.1, -0.05) is 30.3 Å². The molecule has 1 atom stereocenters. The van der Waals surface area contributed by atoms with Crippen molar-refractivity contribution in [3.8, 4) is 0 Å². The predicted octanol–water partition coefficient (Wildman–Crippen LogP) is 4.54. The van der Waals surface area contributed by atoms with Crippen LogP contribution in [0.1, 0.15) is 35.4 Å². The molecule has 18 heavy (non-hydrogen) atoms. The highest BCUT2D eigenvalue weighted by atomic mass is 32.1. The Bertz CT molecular complexity index is 465. The fourth-order valence-corrected chi connectivity index (χ4v) is 2.45. The predicted molar refractivity (Wildman–Crippen MR) is 71.0 cm³/mol. The van der Waals surface area contributed by atoms with Crippen molar-refractivity contribution < 1.29 is 8.78 Å². The standard InChI is InChI=1S/C14H15F2NS/c1-10(13-3-2-8-18-13)17-9-11-4-6-12(7-5-11)14(15)16/h2-8,10,14,17H,9H2,1H3/t10-/m0/s1. The fraction of sp³-hybridized carbons (Fsp3) is 0.286. The average Bonchev–Trinajstić information content (AvgIpc) is 2.90. The molecule has 0 radical (unpaired) electrons. The van der Waals surface area contributed by atoms with E-state index in [1.165, 1.54) is 17.0 Å². The normalized spacial score (nSPS) is 12.9. The van der Waals surface area contributed by atoms with Gasteiger partial charge in [-0.3, -0.25) is 0 Å². The van der Waals surface area contributed by atoms with Crippen molar-refractivity contribution in [2.45, 2.75) is 25.9 Å². The molecule has 2 rings (SSSR count). The maximum Gasteiger partial charge on any atom is 0.263 e. The van der Waals surface area contributed by atoms with Gasteiger partial charge in [0.2, 0.25) is 0 Å². The second kappa shape index (κ2) is 6.07. The molecule has 0 fully saturated rings. The highest BCUT2D eigenvalue weighted by Crippen LogP contribution is 2.20. The van der Waals surface area contributed by atoms with Crippen molar-refractivity contribution in [3.05, 3.63) is 57.8 Å². The van der Waals surface area contributed by atoms with E-state index in [1.54, 1.807) is 23.5 Å². The van der Waals surface area contributed by atoms with E-state index in [4.69, 9.17) is 0 Å². The minimum atomic E-state index is -2.39. The third-order valence-electron chi connectivity index (χ3n) is 2.81. The van der Waals surface area contributed by atoms with Gasteiger partial charge in [0.1, 0.15) is 0 Å². The van der Waals surface area contributed by atoms with Crippen molar-refractivity contribution in [2.24, 2.45) is 0 Å². The first kappa shape index (κ1) is 13.2. The van der Waals surface area contributed by atoms with Crippen LogP contribution in [0.2, 0.25) is 0 Å². The molecule has 0 saturated carbocycles. The van der Waals surface area contributed by atoms with Crippen LogP contribution in [-0.4, -0.2) is 0 Å². The lowest BCUT2D eigenvalue weighted by molar-refractivity contribution is 0.151.